The summed E-state index contributed by atoms with van der Waals surface area (Å²) in [6.45, 7) is 5.76. The van der Waals surface area contributed by atoms with Crippen LogP contribution in [0.3, 0.4) is 0 Å². The second kappa shape index (κ2) is 8.61. The summed E-state index contributed by atoms with van der Waals surface area (Å²) in [5, 5.41) is 11.9. The van der Waals surface area contributed by atoms with Crippen molar-refractivity contribution in [2.24, 2.45) is 0 Å². The molecule has 1 atom stereocenters. The van der Waals surface area contributed by atoms with Crippen LogP contribution in [0.5, 0.6) is 0 Å². The number of carboxylic acids is 1. The first-order valence-electron chi connectivity index (χ1n) is 9.14. The smallest absolute Gasteiger partial charge is 0.303 e. The van der Waals surface area contributed by atoms with E-state index < -0.39 is 16.9 Å². The van der Waals surface area contributed by atoms with E-state index >= 15 is 0 Å². The number of hydrogen-bond donors (Lipinski definition) is 2. The Bertz CT molecular complexity index is 780. The van der Waals surface area contributed by atoms with Crippen molar-refractivity contribution in [3.05, 3.63) is 28.2 Å². The van der Waals surface area contributed by atoms with Crippen molar-refractivity contribution in [3.8, 4) is 0 Å². The summed E-state index contributed by atoms with van der Waals surface area (Å²) in [4.78, 5) is 38.1. The summed E-state index contributed by atoms with van der Waals surface area (Å²) in [6.07, 6.45) is 0.693. The summed E-state index contributed by atoms with van der Waals surface area (Å²) in [5.41, 5.74) is 0.138. The third kappa shape index (κ3) is 4.91. The number of amides is 2. The Hall–Kier alpha value is -1.93. The number of halogens is 1. The van der Waals surface area contributed by atoms with E-state index in [1.54, 1.807) is 14.0 Å². The number of fused-ring (bicyclic) bond motifs is 1. The molecule has 0 fully saturated rings. The van der Waals surface area contributed by atoms with Gasteiger partial charge in [-0.15, -0.1) is 0 Å². The van der Waals surface area contributed by atoms with E-state index in [0.29, 0.717) is 13.0 Å². The van der Waals surface area contributed by atoms with Crippen LogP contribution in [-0.2, 0) is 24.5 Å². The van der Waals surface area contributed by atoms with Gasteiger partial charge in [-0.25, -0.2) is 0 Å². The number of hydrogen-bond acceptors (Lipinski definition) is 4. The molecule has 154 valence electrons. The number of ether oxygens (including phenoxy) is 1. The van der Waals surface area contributed by atoms with Gasteiger partial charge in [-0.2, -0.15) is 0 Å². The fourth-order valence-electron chi connectivity index (χ4n) is 3.44. The van der Waals surface area contributed by atoms with Crippen LogP contribution in [0.15, 0.2) is 22.7 Å². The lowest BCUT2D eigenvalue weighted by atomic mass is 9.86. The number of carboxylic acid groups (broad SMARTS) is 1. The molecular weight excluding hydrogens is 428 g/mol. The first kappa shape index (κ1) is 22.4. The molecule has 1 heterocycles. The van der Waals surface area contributed by atoms with Gasteiger partial charge in [0.05, 0.1) is 5.41 Å². The zero-order chi connectivity index (χ0) is 21.1. The molecule has 2 rings (SSSR count). The van der Waals surface area contributed by atoms with E-state index in [0.717, 1.165) is 15.7 Å². The highest BCUT2D eigenvalue weighted by Gasteiger charge is 2.44. The van der Waals surface area contributed by atoms with Gasteiger partial charge in [0.2, 0.25) is 11.8 Å². The van der Waals surface area contributed by atoms with Gasteiger partial charge in [0.15, 0.2) is 0 Å². The molecule has 0 spiro atoms. The number of carbonyl (C=O) groups excluding carboxylic acids is 2. The maximum absolute atomic E-state index is 12.9. The van der Waals surface area contributed by atoms with Gasteiger partial charge >= 0.3 is 5.97 Å². The number of carbonyl (C=O) groups is 3. The van der Waals surface area contributed by atoms with E-state index in [1.165, 1.54) is 4.90 Å². The molecule has 1 aromatic carbocycles. The fourth-order valence-corrected chi connectivity index (χ4v) is 3.80. The number of nitrogens with one attached hydrogen (secondary N) is 1. The minimum absolute atomic E-state index is 0.0625. The molecule has 0 saturated carbocycles. The van der Waals surface area contributed by atoms with Crippen LogP contribution in [0, 0.1) is 0 Å². The number of aliphatic carboxylic acids is 1. The highest BCUT2D eigenvalue weighted by atomic mass is 79.9. The third-order valence-corrected chi connectivity index (χ3v) is 5.69. The van der Waals surface area contributed by atoms with E-state index in [1.807, 2.05) is 32.0 Å². The highest BCUT2D eigenvalue weighted by molar-refractivity contribution is 9.10. The van der Waals surface area contributed by atoms with Crippen molar-refractivity contribution < 1.29 is 24.2 Å². The molecule has 0 bridgehead atoms. The summed E-state index contributed by atoms with van der Waals surface area (Å²) in [6, 6.07) is 5.57. The van der Waals surface area contributed by atoms with Crippen LogP contribution >= 0.6 is 15.9 Å². The topological polar surface area (TPSA) is 95.9 Å². The standard InChI is InChI=1S/C20H27BrN2O5/c1-19(2)14-11-13(21)5-6-15(14)23(18(19)27)12-16(24)22-20(3,9-10-28-4)8-7-17(25)26/h5-6,11H,7-10,12H2,1-4H3,(H,22,24)(H,25,26)/t20-/m1/s1. The SMILES string of the molecule is COCC[C@@](C)(CCC(=O)O)NC(=O)CN1C(=O)C(C)(C)c2cc(Br)ccc21. The highest BCUT2D eigenvalue weighted by Crippen LogP contribution is 2.42. The molecule has 0 aromatic heterocycles. The van der Waals surface area contributed by atoms with Crippen LogP contribution in [0.25, 0.3) is 0 Å². The van der Waals surface area contributed by atoms with Gasteiger partial charge in [0.1, 0.15) is 6.54 Å². The monoisotopic (exact) mass is 454 g/mol. The average Bonchev–Trinajstić information content (AvgIpc) is 2.79. The van der Waals surface area contributed by atoms with Gasteiger partial charge in [-0.1, -0.05) is 15.9 Å². The van der Waals surface area contributed by atoms with Gasteiger partial charge in [0.25, 0.3) is 0 Å². The maximum atomic E-state index is 12.9. The normalized spacial score (nSPS) is 17.2. The molecule has 0 unspecified atom stereocenters. The lowest BCUT2D eigenvalue weighted by Crippen LogP contribution is -2.51. The Kier molecular flexibility index (Phi) is 6.88. The van der Waals surface area contributed by atoms with Gasteiger partial charge < -0.3 is 20.1 Å². The molecule has 2 amide bonds. The Morgan fingerprint density at radius 1 is 1.32 bits per heavy atom. The van der Waals surface area contributed by atoms with Gasteiger partial charge in [0, 0.05) is 35.8 Å². The van der Waals surface area contributed by atoms with Crippen molar-refractivity contribution in [1.29, 1.82) is 0 Å². The van der Waals surface area contributed by atoms with Crippen LogP contribution < -0.4 is 10.2 Å². The quantitative estimate of drug-likeness (QED) is 0.597. The van der Waals surface area contributed by atoms with E-state index in [4.69, 9.17) is 9.84 Å². The Morgan fingerprint density at radius 3 is 2.61 bits per heavy atom. The first-order chi connectivity index (χ1) is 13.0. The molecule has 0 saturated heterocycles. The molecule has 1 aromatic rings. The number of benzene rings is 1. The summed E-state index contributed by atoms with van der Waals surface area (Å²) >= 11 is 3.43. The van der Waals surface area contributed by atoms with E-state index in [-0.39, 0.29) is 31.2 Å². The second-order valence-corrected chi connectivity index (χ2v) is 8.84. The van der Waals surface area contributed by atoms with Crippen LogP contribution in [0.4, 0.5) is 5.69 Å². The van der Waals surface area contributed by atoms with E-state index in [2.05, 4.69) is 21.2 Å². The first-order valence-corrected chi connectivity index (χ1v) is 9.93. The van der Waals surface area contributed by atoms with Crippen molar-refractivity contribution in [1.82, 2.24) is 5.32 Å². The molecular formula is C20H27BrN2O5. The molecule has 7 nitrogen and oxygen atoms in total. The van der Waals surface area contributed by atoms with Gasteiger partial charge in [-0.3, -0.25) is 14.4 Å². The minimum atomic E-state index is -0.922. The number of nitrogens with zero attached hydrogens (tertiary/aromatic N) is 1. The van der Waals surface area contributed by atoms with Crippen molar-refractivity contribution >= 4 is 39.4 Å². The number of anilines is 1. The predicted octanol–water partition coefficient (Wildman–Crippen LogP) is 2.85. The van der Waals surface area contributed by atoms with Crippen molar-refractivity contribution in [2.75, 3.05) is 25.2 Å². The Balaban J connectivity index is 2.17. The van der Waals surface area contributed by atoms with Crippen LogP contribution in [-0.4, -0.2) is 48.7 Å². The Labute approximate surface area is 173 Å². The maximum Gasteiger partial charge on any atom is 0.303 e. The molecule has 0 aliphatic carbocycles. The Morgan fingerprint density at radius 2 is 2.00 bits per heavy atom. The summed E-state index contributed by atoms with van der Waals surface area (Å²) in [5.74, 6) is -1.39. The molecule has 8 heteroatoms. The number of rotatable bonds is 9. The van der Waals surface area contributed by atoms with E-state index in [9.17, 15) is 14.4 Å². The lowest BCUT2D eigenvalue weighted by molar-refractivity contribution is -0.138. The zero-order valence-electron chi connectivity index (χ0n) is 16.7. The van der Waals surface area contributed by atoms with Crippen molar-refractivity contribution in [2.45, 2.75) is 51.0 Å². The third-order valence-electron chi connectivity index (χ3n) is 5.19. The van der Waals surface area contributed by atoms with Crippen molar-refractivity contribution in [3.63, 3.8) is 0 Å². The molecule has 1 aliphatic heterocycles. The summed E-state index contributed by atoms with van der Waals surface area (Å²) in [7, 11) is 1.56. The lowest BCUT2D eigenvalue weighted by Gasteiger charge is -2.31. The van der Waals surface area contributed by atoms with Crippen LogP contribution in [0.2, 0.25) is 0 Å². The molecule has 2 N–H and O–H groups in total. The second-order valence-electron chi connectivity index (χ2n) is 7.92. The fraction of sp³-hybridized carbons (Fsp3) is 0.550. The predicted molar refractivity (Wildman–Crippen MR) is 109 cm³/mol. The number of methoxy groups -OCH3 is 1. The largest absolute Gasteiger partial charge is 0.481 e. The summed E-state index contributed by atoms with van der Waals surface area (Å²) < 4.78 is 5.97. The zero-order valence-corrected chi connectivity index (χ0v) is 18.3. The van der Waals surface area contributed by atoms with Crippen LogP contribution in [0.1, 0.15) is 45.6 Å². The molecule has 28 heavy (non-hydrogen) atoms. The molecule has 1 aliphatic rings. The molecule has 0 radical (unpaired) electrons. The van der Waals surface area contributed by atoms with Gasteiger partial charge in [-0.05, 0) is 57.4 Å². The average molecular weight is 455 g/mol. The minimum Gasteiger partial charge on any atom is -0.481 e.